The number of hydrogen-bond acceptors (Lipinski definition) is 3. The van der Waals surface area contributed by atoms with E-state index >= 15 is 0 Å². The summed E-state index contributed by atoms with van der Waals surface area (Å²) < 4.78 is 61.3. The van der Waals surface area contributed by atoms with Crippen molar-refractivity contribution in [2.75, 3.05) is 0 Å². The second-order valence-corrected chi connectivity index (χ2v) is 5.95. The second-order valence-electron chi connectivity index (χ2n) is 4.29. The van der Waals surface area contributed by atoms with Crippen LogP contribution in [-0.2, 0) is 16.2 Å². The van der Waals surface area contributed by atoms with Gasteiger partial charge in [0.1, 0.15) is 0 Å². The SMILES string of the molecule is O=S(=O)(NN=Cc1cccc(C(F)(F)F)c1)c1ccccc1. The molecule has 0 saturated carbocycles. The average molecular weight is 328 g/mol. The number of hydrogen-bond donors (Lipinski definition) is 1. The fourth-order valence-electron chi connectivity index (χ4n) is 1.62. The van der Waals surface area contributed by atoms with E-state index in [4.69, 9.17) is 0 Å². The van der Waals surface area contributed by atoms with Crippen LogP contribution in [0.1, 0.15) is 11.1 Å². The summed E-state index contributed by atoms with van der Waals surface area (Å²) in [4.78, 5) is 1.95. The maximum absolute atomic E-state index is 12.5. The Hall–Kier alpha value is -2.35. The monoisotopic (exact) mass is 328 g/mol. The highest BCUT2D eigenvalue weighted by Crippen LogP contribution is 2.29. The lowest BCUT2D eigenvalue weighted by Crippen LogP contribution is -2.18. The summed E-state index contributed by atoms with van der Waals surface area (Å²) in [6.07, 6.45) is -3.46. The lowest BCUT2D eigenvalue weighted by molar-refractivity contribution is -0.137. The summed E-state index contributed by atoms with van der Waals surface area (Å²) in [5.41, 5.74) is -0.701. The number of benzene rings is 2. The smallest absolute Gasteiger partial charge is 0.200 e. The molecule has 2 rings (SSSR count). The predicted molar refractivity (Wildman–Crippen MR) is 75.8 cm³/mol. The van der Waals surface area contributed by atoms with Crippen molar-refractivity contribution < 1.29 is 21.6 Å². The van der Waals surface area contributed by atoms with E-state index in [1.807, 2.05) is 4.83 Å². The third kappa shape index (κ3) is 4.08. The molecule has 0 aromatic heterocycles. The summed E-state index contributed by atoms with van der Waals surface area (Å²) in [6, 6.07) is 11.9. The lowest BCUT2D eigenvalue weighted by Gasteiger charge is -2.06. The molecule has 2 aromatic rings. The summed E-state index contributed by atoms with van der Waals surface area (Å²) in [7, 11) is -3.84. The second kappa shape index (κ2) is 6.18. The highest BCUT2D eigenvalue weighted by Gasteiger charge is 2.30. The molecule has 0 heterocycles. The molecule has 22 heavy (non-hydrogen) atoms. The highest BCUT2D eigenvalue weighted by molar-refractivity contribution is 7.89. The van der Waals surface area contributed by atoms with Crippen LogP contribution in [0.3, 0.4) is 0 Å². The Morgan fingerprint density at radius 1 is 1.00 bits per heavy atom. The Morgan fingerprint density at radius 3 is 2.32 bits per heavy atom. The highest BCUT2D eigenvalue weighted by atomic mass is 32.2. The number of nitrogens with one attached hydrogen (secondary N) is 1. The van der Waals surface area contributed by atoms with E-state index < -0.39 is 21.8 Å². The van der Waals surface area contributed by atoms with Gasteiger partial charge in [-0.2, -0.15) is 26.7 Å². The van der Waals surface area contributed by atoms with Crippen LogP contribution >= 0.6 is 0 Å². The van der Waals surface area contributed by atoms with Crippen LogP contribution in [0.2, 0.25) is 0 Å². The van der Waals surface area contributed by atoms with Crippen molar-refractivity contribution in [3.8, 4) is 0 Å². The first-order valence-corrected chi connectivity index (χ1v) is 7.54. The first kappa shape index (κ1) is 16.0. The van der Waals surface area contributed by atoms with Gasteiger partial charge in [-0.05, 0) is 29.8 Å². The minimum atomic E-state index is -4.46. The van der Waals surface area contributed by atoms with Crippen molar-refractivity contribution in [3.05, 3.63) is 65.7 Å². The molecule has 0 aliphatic carbocycles. The van der Waals surface area contributed by atoms with Gasteiger partial charge in [0.2, 0.25) is 0 Å². The van der Waals surface area contributed by atoms with Gasteiger partial charge in [-0.1, -0.05) is 30.3 Å². The maximum Gasteiger partial charge on any atom is 0.416 e. The third-order valence-corrected chi connectivity index (χ3v) is 3.89. The van der Waals surface area contributed by atoms with Gasteiger partial charge in [-0.3, -0.25) is 0 Å². The molecule has 0 bridgehead atoms. The van der Waals surface area contributed by atoms with Gasteiger partial charge >= 0.3 is 6.18 Å². The van der Waals surface area contributed by atoms with Crippen LogP contribution in [0.15, 0.2) is 64.6 Å². The van der Waals surface area contributed by atoms with Crippen molar-refractivity contribution >= 4 is 16.2 Å². The van der Waals surface area contributed by atoms with E-state index in [2.05, 4.69) is 5.10 Å². The maximum atomic E-state index is 12.5. The van der Waals surface area contributed by atoms with Gasteiger partial charge in [0, 0.05) is 0 Å². The summed E-state index contributed by atoms with van der Waals surface area (Å²) in [5, 5.41) is 3.48. The summed E-state index contributed by atoms with van der Waals surface area (Å²) in [5.74, 6) is 0. The zero-order chi connectivity index (χ0) is 16.2. The van der Waals surface area contributed by atoms with Crippen LogP contribution < -0.4 is 4.83 Å². The predicted octanol–water partition coefficient (Wildman–Crippen LogP) is 3.02. The minimum absolute atomic E-state index is 0.0104. The number of alkyl halides is 3. The fraction of sp³-hybridized carbons (Fsp3) is 0.0714. The zero-order valence-electron chi connectivity index (χ0n) is 11.1. The Morgan fingerprint density at radius 2 is 1.68 bits per heavy atom. The molecule has 4 nitrogen and oxygen atoms in total. The molecule has 0 spiro atoms. The van der Waals surface area contributed by atoms with Crippen molar-refractivity contribution in [3.63, 3.8) is 0 Å². The Bertz CT molecular complexity index is 772. The molecule has 0 aliphatic rings. The molecule has 0 aliphatic heterocycles. The summed E-state index contributed by atoms with van der Waals surface area (Å²) >= 11 is 0. The first-order valence-electron chi connectivity index (χ1n) is 6.06. The van der Waals surface area contributed by atoms with Gasteiger partial charge in [-0.15, -0.1) is 0 Å². The Balaban J connectivity index is 2.14. The van der Waals surface area contributed by atoms with E-state index in [1.165, 1.54) is 24.3 Å². The number of rotatable bonds is 4. The van der Waals surface area contributed by atoms with Crippen LogP contribution in [0, 0.1) is 0 Å². The number of sulfonamides is 1. The molecule has 2 aromatic carbocycles. The molecule has 0 saturated heterocycles. The number of hydrazone groups is 1. The topological polar surface area (TPSA) is 58.5 Å². The van der Waals surface area contributed by atoms with Gasteiger partial charge < -0.3 is 0 Å². The Kier molecular flexibility index (Phi) is 4.51. The molecule has 0 unspecified atom stereocenters. The normalized spacial score (nSPS) is 12.5. The first-order chi connectivity index (χ1) is 10.3. The van der Waals surface area contributed by atoms with Crippen molar-refractivity contribution in [1.29, 1.82) is 0 Å². The molecule has 0 amide bonds. The number of nitrogens with zero attached hydrogens (tertiary/aromatic N) is 1. The molecule has 0 fully saturated rings. The van der Waals surface area contributed by atoms with Gasteiger partial charge in [0.15, 0.2) is 0 Å². The molecule has 116 valence electrons. The van der Waals surface area contributed by atoms with E-state index in [0.717, 1.165) is 18.3 Å². The van der Waals surface area contributed by atoms with Gasteiger partial charge in [-0.25, -0.2) is 4.83 Å². The molecule has 0 radical (unpaired) electrons. The van der Waals surface area contributed by atoms with Gasteiger partial charge in [0.25, 0.3) is 10.0 Å². The van der Waals surface area contributed by atoms with E-state index in [-0.39, 0.29) is 10.5 Å². The molecule has 1 N–H and O–H groups in total. The minimum Gasteiger partial charge on any atom is -0.200 e. The van der Waals surface area contributed by atoms with E-state index in [1.54, 1.807) is 18.2 Å². The van der Waals surface area contributed by atoms with E-state index in [9.17, 15) is 21.6 Å². The van der Waals surface area contributed by atoms with Crippen LogP contribution in [0.4, 0.5) is 13.2 Å². The van der Waals surface area contributed by atoms with Crippen molar-refractivity contribution in [2.45, 2.75) is 11.1 Å². The molecule has 8 heteroatoms. The van der Waals surface area contributed by atoms with Crippen LogP contribution in [0.5, 0.6) is 0 Å². The van der Waals surface area contributed by atoms with Crippen molar-refractivity contribution in [2.24, 2.45) is 5.10 Å². The van der Waals surface area contributed by atoms with E-state index in [0.29, 0.717) is 0 Å². The lowest BCUT2D eigenvalue weighted by atomic mass is 10.1. The van der Waals surface area contributed by atoms with Crippen LogP contribution in [0.25, 0.3) is 0 Å². The standard InChI is InChI=1S/C14H11F3N2O2S/c15-14(16,17)12-6-4-5-11(9-12)10-18-19-22(20,21)13-7-2-1-3-8-13/h1-10,19H. The molecular formula is C14H11F3N2O2S. The van der Waals surface area contributed by atoms with Crippen molar-refractivity contribution in [1.82, 2.24) is 4.83 Å². The Labute approximate surface area is 125 Å². The van der Waals surface area contributed by atoms with Gasteiger partial charge in [0.05, 0.1) is 16.7 Å². The molecule has 0 atom stereocenters. The quantitative estimate of drug-likeness (QED) is 0.693. The fourth-order valence-corrected chi connectivity index (χ4v) is 2.43. The average Bonchev–Trinajstić information content (AvgIpc) is 2.47. The summed E-state index contributed by atoms with van der Waals surface area (Å²) in [6.45, 7) is 0. The largest absolute Gasteiger partial charge is 0.416 e. The zero-order valence-corrected chi connectivity index (χ0v) is 11.9. The third-order valence-electron chi connectivity index (χ3n) is 2.65. The molecular weight excluding hydrogens is 317 g/mol. The number of halogens is 3. The van der Waals surface area contributed by atoms with Crippen LogP contribution in [-0.4, -0.2) is 14.6 Å².